The van der Waals surface area contributed by atoms with Crippen molar-refractivity contribution in [2.45, 2.75) is 31.5 Å². The van der Waals surface area contributed by atoms with Crippen LogP contribution in [-0.2, 0) is 9.47 Å². The Bertz CT molecular complexity index is 121. The molecule has 0 heterocycles. The highest BCUT2D eigenvalue weighted by Gasteiger charge is 2.15. The fourth-order valence-corrected chi connectivity index (χ4v) is 2.45. The van der Waals surface area contributed by atoms with Gasteiger partial charge in [-0.2, -0.15) is 0 Å². The van der Waals surface area contributed by atoms with Crippen LogP contribution in [0, 0.1) is 5.92 Å². The molecule has 0 bridgehead atoms. The number of methoxy groups -OCH3 is 2. The minimum absolute atomic E-state index is 0.104. The fraction of sp³-hybridized carbons (Fsp3) is 1.00. The van der Waals surface area contributed by atoms with Crippen molar-refractivity contribution < 1.29 is 9.47 Å². The Labute approximate surface area is 82.8 Å². The molecule has 0 aliphatic heterocycles. The van der Waals surface area contributed by atoms with Gasteiger partial charge < -0.3 is 20.9 Å². The highest BCUT2D eigenvalue weighted by Crippen LogP contribution is 2.10. The van der Waals surface area contributed by atoms with Crippen molar-refractivity contribution in [2.75, 3.05) is 14.2 Å². The van der Waals surface area contributed by atoms with Gasteiger partial charge >= 0.3 is 0 Å². The monoisotopic (exact) mass is 204 g/mol. The molecular formula is C8H20N2O2Si. The van der Waals surface area contributed by atoms with Gasteiger partial charge in [0.2, 0.25) is 0 Å². The Morgan fingerprint density at radius 2 is 1.77 bits per heavy atom. The van der Waals surface area contributed by atoms with Crippen LogP contribution < -0.4 is 11.5 Å². The van der Waals surface area contributed by atoms with E-state index in [4.69, 9.17) is 20.9 Å². The highest BCUT2D eigenvalue weighted by molar-refractivity contribution is 6.36. The third kappa shape index (κ3) is 5.38. The normalized spacial score (nSPS) is 14.1. The third-order valence-electron chi connectivity index (χ3n) is 2.04. The summed E-state index contributed by atoms with van der Waals surface area (Å²) in [4.78, 5) is 0. The van der Waals surface area contributed by atoms with Crippen molar-refractivity contribution >= 4 is 9.52 Å². The van der Waals surface area contributed by atoms with E-state index in [1.54, 1.807) is 14.2 Å². The maximum absolute atomic E-state index is 5.62. The lowest BCUT2D eigenvalue weighted by Crippen LogP contribution is -2.40. The van der Waals surface area contributed by atoms with E-state index in [2.05, 4.69) is 6.92 Å². The maximum Gasteiger partial charge on any atom is 0.136 e. The SMILES string of the molecule is CCC(C[Si]C(OC)OC)C(N)N. The van der Waals surface area contributed by atoms with Crippen LogP contribution in [0.2, 0.25) is 6.04 Å². The van der Waals surface area contributed by atoms with Gasteiger partial charge in [0, 0.05) is 14.2 Å². The van der Waals surface area contributed by atoms with Gasteiger partial charge in [-0.25, -0.2) is 0 Å². The van der Waals surface area contributed by atoms with Crippen molar-refractivity contribution in [3.8, 4) is 0 Å². The number of nitrogens with two attached hydrogens (primary N) is 2. The zero-order chi connectivity index (χ0) is 10.3. The highest BCUT2D eigenvalue weighted by atomic mass is 28.2. The summed E-state index contributed by atoms with van der Waals surface area (Å²) >= 11 is 0. The fourth-order valence-electron chi connectivity index (χ4n) is 1.06. The molecule has 0 aromatic carbocycles. The summed E-state index contributed by atoms with van der Waals surface area (Å²) in [5, 5.41) is 0. The van der Waals surface area contributed by atoms with Crippen molar-refractivity contribution in [1.29, 1.82) is 0 Å². The number of rotatable bonds is 7. The number of hydrogen-bond donors (Lipinski definition) is 2. The predicted octanol–water partition coefficient (Wildman–Crippen LogP) is -0.0450. The lowest BCUT2D eigenvalue weighted by molar-refractivity contribution is -0.0444. The van der Waals surface area contributed by atoms with Gasteiger partial charge in [-0.05, 0) is 5.92 Å². The molecule has 0 saturated carbocycles. The molecule has 0 aliphatic carbocycles. The van der Waals surface area contributed by atoms with E-state index in [0.717, 1.165) is 12.5 Å². The molecular weight excluding hydrogens is 184 g/mol. The molecule has 0 rings (SSSR count). The molecule has 13 heavy (non-hydrogen) atoms. The molecule has 1 unspecified atom stereocenters. The summed E-state index contributed by atoms with van der Waals surface area (Å²) in [7, 11) is 3.89. The van der Waals surface area contributed by atoms with E-state index in [9.17, 15) is 0 Å². The molecule has 0 amide bonds. The first kappa shape index (κ1) is 13.1. The van der Waals surface area contributed by atoms with Crippen molar-refractivity contribution in [3.05, 3.63) is 0 Å². The standard InChI is InChI=1S/C8H20N2O2Si/c1-4-6(7(9)10)5-13-8(11-2)12-3/h6-8H,4-5,9-10H2,1-3H3. The second-order valence-corrected chi connectivity index (χ2v) is 4.25. The maximum atomic E-state index is 5.62. The van der Waals surface area contributed by atoms with Crippen LogP contribution in [0.15, 0.2) is 0 Å². The van der Waals surface area contributed by atoms with Crippen LogP contribution in [0.3, 0.4) is 0 Å². The molecule has 0 saturated heterocycles. The van der Waals surface area contributed by atoms with Crippen molar-refractivity contribution in [2.24, 2.45) is 17.4 Å². The van der Waals surface area contributed by atoms with Gasteiger partial charge in [-0.1, -0.05) is 19.4 Å². The first-order valence-electron chi connectivity index (χ1n) is 4.45. The Morgan fingerprint density at radius 1 is 1.23 bits per heavy atom. The van der Waals surface area contributed by atoms with E-state index >= 15 is 0 Å². The third-order valence-corrected chi connectivity index (χ3v) is 3.61. The van der Waals surface area contributed by atoms with Crippen LogP contribution in [0.4, 0.5) is 0 Å². The summed E-state index contributed by atoms with van der Waals surface area (Å²) in [6.07, 6.45) is 0.775. The van der Waals surface area contributed by atoms with Gasteiger partial charge in [0.05, 0.1) is 6.17 Å². The summed E-state index contributed by atoms with van der Waals surface area (Å²) < 4.78 is 10.2. The second-order valence-electron chi connectivity index (χ2n) is 2.96. The zero-order valence-electron chi connectivity index (χ0n) is 8.62. The van der Waals surface area contributed by atoms with Gasteiger partial charge in [-0.3, -0.25) is 0 Å². The summed E-state index contributed by atoms with van der Waals surface area (Å²) in [6, 6.07) is 0.973. The topological polar surface area (TPSA) is 70.5 Å². The summed E-state index contributed by atoms with van der Waals surface area (Å²) in [5.74, 6) is 0.263. The minimum atomic E-state index is -0.230. The molecule has 4 nitrogen and oxygen atoms in total. The second kappa shape index (κ2) is 7.46. The van der Waals surface area contributed by atoms with Crippen molar-refractivity contribution in [1.82, 2.24) is 0 Å². The number of ether oxygens (including phenoxy) is 2. The zero-order valence-corrected chi connectivity index (χ0v) is 9.62. The van der Waals surface area contributed by atoms with Gasteiger partial charge in [0.25, 0.3) is 0 Å². The summed E-state index contributed by atoms with van der Waals surface area (Å²) in [6.45, 7) is 2.09. The molecule has 0 aliphatic rings. The van der Waals surface area contributed by atoms with Gasteiger partial charge in [-0.15, -0.1) is 0 Å². The minimum Gasteiger partial charge on any atom is -0.360 e. The van der Waals surface area contributed by atoms with E-state index in [1.807, 2.05) is 0 Å². The largest absolute Gasteiger partial charge is 0.360 e. The molecule has 0 fully saturated rings. The Balaban J connectivity index is 3.69. The van der Waals surface area contributed by atoms with Gasteiger partial charge in [0.15, 0.2) is 0 Å². The molecule has 0 spiro atoms. The molecule has 5 heteroatoms. The van der Waals surface area contributed by atoms with Crippen LogP contribution in [0.25, 0.3) is 0 Å². The first-order chi connectivity index (χ1) is 6.15. The van der Waals surface area contributed by atoms with Crippen LogP contribution in [0.5, 0.6) is 0 Å². The molecule has 0 aromatic heterocycles. The molecule has 2 radical (unpaired) electrons. The molecule has 1 atom stereocenters. The summed E-state index contributed by atoms with van der Waals surface area (Å²) in [5.41, 5.74) is 11.2. The predicted molar refractivity (Wildman–Crippen MR) is 54.3 cm³/mol. The van der Waals surface area contributed by atoms with Gasteiger partial charge in [0.1, 0.15) is 15.4 Å². The molecule has 0 aromatic rings. The molecule has 78 valence electrons. The quantitative estimate of drug-likeness (QED) is 0.451. The average molecular weight is 204 g/mol. The van der Waals surface area contributed by atoms with Crippen LogP contribution in [0.1, 0.15) is 13.3 Å². The Morgan fingerprint density at radius 3 is 2.08 bits per heavy atom. The van der Waals surface area contributed by atoms with Crippen molar-refractivity contribution in [3.63, 3.8) is 0 Å². The Hall–Kier alpha value is 0.0569. The first-order valence-corrected chi connectivity index (χ1v) is 5.74. The van der Waals surface area contributed by atoms with Crippen LogP contribution in [-0.4, -0.2) is 35.8 Å². The van der Waals surface area contributed by atoms with E-state index in [-0.39, 0.29) is 12.1 Å². The molecule has 4 N–H and O–H groups in total. The van der Waals surface area contributed by atoms with E-state index < -0.39 is 0 Å². The smallest absolute Gasteiger partial charge is 0.136 e. The Kier molecular flexibility index (Phi) is 7.49. The van der Waals surface area contributed by atoms with Crippen LogP contribution >= 0.6 is 0 Å². The van der Waals surface area contributed by atoms with E-state index in [1.165, 1.54) is 0 Å². The lowest BCUT2D eigenvalue weighted by atomic mass is 10.1. The average Bonchev–Trinajstić information content (AvgIpc) is 2.12. The lowest BCUT2D eigenvalue weighted by Gasteiger charge is -2.20. The van der Waals surface area contributed by atoms with E-state index in [0.29, 0.717) is 15.4 Å². The number of hydrogen-bond acceptors (Lipinski definition) is 4.